The summed E-state index contributed by atoms with van der Waals surface area (Å²) in [5.74, 6) is 0.323. The number of nitrogens with zero attached hydrogens (tertiary/aromatic N) is 2. The minimum Gasteiger partial charge on any atom is -0.493 e. The van der Waals surface area contributed by atoms with Crippen molar-refractivity contribution in [1.82, 2.24) is 9.55 Å². The molecule has 0 fully saturated rings. The molecule has 4 rings (SSSR count). The van der Waals surface area contributed by atoms with Gasteiger partial charge >= 0.3 is 0 Å². The molecule has 4 aromatic rings. The fraction of sp³-hybridized carbons (Fsp3) is 0.136. The Morgan fingerprint density at radius 3 is 2.53 bits per heavy atom. The fourth-order valence-electron chi connectivity index (χ4n) is 3.18. The molecular weight excluding hydrogens is 407 g/mol. The number of halogens is 1. The molecule has 6 nitrogen and oxygen atoms in total. The van der Waals surface area contributed by atoms with Gasteiger partial charge in [-0.25, -0.2) is 9.37 Å². The van der Waals surface area contributed by atoms with Crippen LogP contribution in [0.25, 0.3) is 21.3 Å². The van der Waals surface area contributed by atoms with E-state index in [9.17, 15) is 14.0 Å². The first kappa shape index (κ1) is 19.8. The second kappa shape index (κ2) is 8.08. The van der Waals surface area contributed by atoms with Crippen molar-refractivity contribution in [3.63, 3.8) is 0 Å². The Bertz CT molecular complexity index is 1290. The van der Waals surface area contributed by atoms with E-state index in [0.29, 0.717) is 38.4 Å². The molecule has 8 heteroatoms. The molecule has 0 saturated carbocycles. The van der Waals surface area contributed by atoms with Gasteiger partial charge in [0.25, 0.3) is 5.56 Å². The lowest BCUT2D eigenvalue weighted by atomic mass is 10.1. The number of hydrogen-bond donors (Lipinski definition) is 0. The normalized spacial score (nSPS) is 10.9. The van der Waals surface area contributed by atoms with E-state index < -0.39 is 0 Å². The van der Waals surface area contributed by atoms with Gasteiger partial charge in [0.1, 0.15) is 10.6 Å². The number of thiophene rings is 1. The van der Waals surface area contributed by atoms with Gasteiger partial charge in [0.05, 0.1) is 32.5 Å². The number of methoxy groups -OCH3 is 2. The molecule has 0 unspecified atom stereocenters. The monoisotopic (exact) mass is 424 g/mol. The largest absolute Gasteiger partial charge is 0.493 e. The van der Waals surface area contributed by atoms with E-state index in [2.05, 4.69) is 4.98 Å². The van der Waals surface area contributed by atoms with Crippen LogP contribution < -0.4 is 15.0 Å². The Balaban J connectivity index is 1.71. The number of ether oxygens (including phenoxy) is 2. The van der Waals surface area contributed by atoms with E-state index >= 15 is 0 Å². The van der Waals surface area contributed by atoms with E-state index in [0.717, 1.165) is 0 Å². The standard InChI is InChI=1S/C22H17FN2O4S/c1-28-18-8-5-14(9-19(18)29-2)17(26)10-25-12-24-21-20(22(25)27)16(11-30-21)13-3-6-15(23)7-4-13/h3-9,11-12H,10H2,1-2H3. The van der Waals surface area contributed by atoms with Crippen molar-refractivity contribution in [1.29, 1.82) is 0 Å². The molecule has 0 atom stereocenters. The average Bonchev–Trinajstić information content (AvgIpc) is 3.20. The third-order valence-electron chi connectivity index (χ3n) is 4.74. The quantitative estimate of drug-likeness (QED) is 0.435. The molecule has 0 aliphatic carbocycles. The summed E-state index contributed by atoms with van der Waals surface area (Å²) in [5.41, 5.74) is 1.45. The van der Waals surface area contributed by atoms with Gasteiger partial charge in [-0.2, -0.15) is 0 Å². The van der Waals surface area contributed by atoms with Crippen molar-refractivity contribution in [3.05, 3.63) is 75.9 Å². The maximum atomic E-state index is 13.3. The van der Waals surface area contributed by atoms with Gasteiger partial charge in [0.15, 0.2) is 17.3 Å². The Labute approximate surface area is 175 Å². The Hall–Kier alpha value is -3.52. The summed E-state index contributed by atoms with van der Waals surface area (Å²) in [7, 11) is 3.00. The lowest BCUT2D eigenvalue weighted by Crippen LogP contribution is -2.24. The molecule has 0 saturated heterocycles. The van der Waals surface area contributed by atoms with Gasteiger partial charge in [-0.3, -0.25) is 14.2 Å². The van der Waals surface area contributed by atoms with Crippen LogP contribution in [-0.4, -0.2) is 29.6 Å². The molecule has 30 heavy (non-hydrogen) atoms. The Morgan fingerprint density at radius 1 is 1.10 bits per heavy atom. The lowest BCUT2D eigenvalue weighted by Gasteiger charge is -2.10. The van der Waals surface area contributed by atoms with Gasteiger partial charge in [-0.15, -0.1) is 11.3 Å². The highest BCUT2D eigenvalue weighted by Crippen LogP contribution is 2.31. The summed E-state index contributed by atoms with van der Waals surface area (Å²) in [5, 5.41) is 2.22. The molecule has 0 amide bonds. The van der Waals surface area contributed by atoms with Crippen LogP contribution in [0.3, 0.4) is 0 Å². The summed E-state index contributed by atoms with van der Waals surface area (Å²) in [6.07, 6.45) is 1.37. The van der Waals surface area contributed by atoms with E-state index in [1.807, 2.05) is 5.38 Å². The predicted molar refractivity (Wildman–Crippen MR) is 113 cm³/mol. The summed E-state index contributed by atoms with van der Waals surface area (Å²) < 4.78 is 25.0. The highest BCUT2D eigenvalue weighted by molar-refractivity contribution is 7.17. The molecule has 0 spiro atoms. The van der Waals surface area contributed by atoms with Crippen LogP contribution in [-0.2, 0) is 6.54 Å². The highest BCUT2D eigenvalue weighted by atomic mass is 32.1. The molecule has 152 valence electrons. The molecule has 0 bridgehead atoms. The van der Waals surface area contributed by atoms with Crippen LogP contribution >= 0.6 is 11.3 Å². The molecule has 0 aliphatic rings. The van der Waals surface area contributed by atoms with Crippen molar-refractivity contribution in [2.75, 3.05) is 14.2 Å². The van der Waals surface area contributed by atoms with E-state index in [1.165, 1.54) is 48.6 Å². The second-order valence-electron chi connectivity index (χ2n) is 6.51. The van der Waals surface area contributed by atoms with Crippen molar-refractivity contribution in [2.45, 2.75) is 6.54 Å². The second-order valence-corrected chi connectivity index (χ2v) is 7.37. The van der Waals surface area contributed by atoms with Crippen LogP contribution in [0, 0.1) is 5.82 Å². The lowest BCUT2D eigenvalue weighted by molar-refractivity contribution is 0.0970. The predicted octanol–water partition coefficient (Wildman–Crippen LogP) is 4.16. The first-order valence-electron chi connectivity index (χ1n) is 8.99. The SMILES string of the molecule is COc1ccc(C(=O)Cn2cnc3scc(-c4ccc(F)cc4)c3c2=O)cc1OC. The van der Waals surface area contributed by atoms with Gasteiger partial charge in [-0.1, -0.05) is 12.1 Å². The third-order valence-corrected chi connectivity index (χ3v) is 5.62. The van der Waals surface area contributed by atoms with Crippen LogP contribution in [0.1, 0.15) is 10.4 Å². The number of aromatic nitrogens is 2. The number of carbonyl (C=O) groups excluding carboxylic acids is 1. The molecule has 2 aromatic heterocycles. The van der Waals surface area contributed by atoms with Crippen LogP contribution in [0.15, 0.2) is 59.0 Å². The third kappa shape index (κ3) is 3.57. The number of carbonyl (C=O) groups is 1. The van der Waals surface area contributed by atoms with E-state index in [4.69, 9.17) is 9.47 Å². The summed E-state index contributed by atoms with van der Waals surface area (Å²) in [6, 6.07) is 10.7. The maximum Gasteiger partial charge on any atom is 0.263 e. The number of ketones is 1. The molecular formula is C22H17FN2O4S. The van der Waals surface area contributed by atoms with Crippen molar-refractivity contribution in [2.24, 2.45) is 0 Å². The van der Waals surface area contributed by atoms with Gasteiger partial charge < -0.3 is 9.47 Å². The first-order valence-corrected chi connectivity index (χ1v) is 9.87. The first-order chi connectivity index (χ1) is 14.5. The average molecular weight is 424 g/mol. The van der Waals surface area contributed by atoms with Crippen molar-refractivity contribution in [3.8, 4) is 22.6 Å². The molecule has 0 radical (unpaired) electrons. The van der Waals surface area contributed by atoms with Crippen LogP contribution in [0.4, 0.5) is 4.39 Å². The molecule has 0 N–H and O–H groups in total. The van der Waals surface area contributed by atoms with Gasteiger partial charge in [0, 0.05) is 16.5 Å². The zero-order chi connectivity index (χ0) is 21.3. The topological polar surface area (TPSA) is 70.4 Å². The maximum absolute atomic E-state index is 13.3. The number of rotatable bonds is 6. The zero-order valence-corrected chi connectivity index (χ0v) is 17.0. The van der Waals surface area contributed by atoms with Crippen LogP contribution in [0.5, 0.6) is 11.5 Å². The molecule has 2 heterocycles. The minimum absolute atomic E-state index is 0.171. The number of Topliss-reactive ketones (excluding diaryl/α,β-unsaturated/α-hetero) is 1. The van der Waals surface area contributed by atoms with Gasteiger partial charge in [0.2, 0.25) is 0 Å². The number of hydrogen-bond acceptors (Lipinski definition) is 6. The fourth-order valence-corrected chi connectivity index (χ4v) is 4.08. The molecule has 2 aromatic carbocycles. The van der Waals surface area contributed by atoms with Crippen molar-refractivity contribution >= 4 is 27.3 Å². The minimum atomic E-state index is -0.352. The Morgan fingerprint density at radius 2 is 1.83 bits per heavy atom. The highest BCUT2D eigenvalue weighted by Gasteiger charge is 2.16. The number of fused-ring (bicyclic) bond motifs is 1. The summed E-state index contributed by atoms with van der Waals surface area (Å²) >= 11 is 1.33. The summed E-state index contributed by atoms with van der Waals surface area (Å²) in [4.78, 5) is 30.8. The van der Waals surface area contributed by atoms with E-state index in [1.54, 1.807) is 30.3 Å². The smallest absolute Gasteiger partial charge is 0.263 e. The van der Waals surface area contributed by atoms with E-state index in [-0.39, 0.29) is 23.7 Å². The van der Waals surface area contributed by atoms with Gasteiger partial charge in [-0.05, 0) is 35.9 Å². The van der Waals surface area contributed by atoms with Crippen molar-refractivity contribution < 1.29 is 18.7 Å². The number of benzene rings is 2. The summed E-state index contributed by atoms with van der Waals surface area (Å²) in [6.45, 7) is -0.171. The zero-order valence-electron chi connectivity index (χ0n) is 16.2. The molecule has 0 aliphatic heterocycles. The van der Waals surface area contributed by atoms with Crippen LogP contribution in [0.2, 0.25) is 0 Å². The Kier molecular flexibility index (Phi) is 5.33.